The first-order valence-electron chi connectivity index (χ1n) is 6.74. The van der Waals surface area contributed by atoms with Crippen LogP contribution in [0.25, 0.3) is 0 Å². The van der Waals surface area contributed by atoms with Crippen molar-refractivity contribution in [3.05, 3.63) is 34.1 Å². The van der Waals surface area contributed by atoms with Crippen LogP contribution in [0.5, 0.6) is 0 Å². The van der Waals surface area contributed by atoms with Crippen molar-refractivity contribution in [2.75, 3.05) is 6.54 Å². The van der Waals surface area contributed by atoms with Gasteiger partial charge >= 0.3 is 0 Å². The summed E-state index contributed by atoms with van der Waals surface area (Å²) in [6.45, 7) is 3.02. The Hall–Kier alpha value is -0.410. The van der Waals surface area contributed by atoms with E-state index in [0.717, 1.165) is 28.9 Å². The van der Waals surface area contributed by atoms with E-state index in [1.54, 1.807) is 6.07 Å². The van der Waals surface area contributed by atoms with Crippen LogP contribution in [0.4, 0.5) is 4.39 Å². The van der Waals surface area contributed by atoms with Crippen LogP contribution < -0.4 is 5.73 Å². The summed E-state index contributed by atoms with van der Waals surface area (Å²) in [5, 5.41) is 0. The van der Waals surface area contributed by atoms with E-state index in [2.05, 4.69) is 22.9 Å². The first-order valence-corrected chi connectivity index (χ1v) is 7.53. The Morgan fingerprint density at radius 2 is 2.11 bits per heavy atom. The number of rotatable bonds is 3. The van der Waals surface area contributed by atoms with Crippen LogP contribution in [-0.4, -0.2) is 6.54 Å². The standard InChI is InChI=1S/C15H21BrFN/c1-10-2-3-12(9-18)13(6-10)7-11-4-5-14(16)8-15(11)17/h4-5,8,10,12-13H,2-3,6-7,9,18H2,1H3. The number of hydrogen-bond acceptors (Lipinski definition) is 1. The molecule has 1 aromatic carbocycles. The van der Waals surface area contributed by atoms with Crippen LogP contribution in [0.2, 0.25) is 0 Å². The van der Waals surface area contributed by atoms with Gasteiger partial charge in [0.15, 0.2) is 0 Å². The van der Waals surface area contributed by atoms with Crippen LogP contribution in [-0.2, 0) is 6.42 Å². The highest BCUT2D eigenvalue weighted by molar-refractivity contribution is 9.10. The van der Waals surface area contributed by atoms with Gasteiger partial charge in [-0.25, -0.2) is 4.39 Å². The molecule has 0 amide bonds. The summed E-state index contributed by atoms with van der Waals surface area (Å²) in [6, 6.07) is 5.37. The molecule has 0 radical (unpaired) electrons. The molecule has 100 valence electrons. The molecule has 1 saturated carbocycles. The highest BCUT2D eigenvalue weighted by Crippen LogP contribution is 2.35. The van der Waals surface area contributed by atoms with Gasteiger partial charge in [0.25, 0.3) is 0 Å². The van der Waals surface area contributed by atoms with Crippen molar-refractivity contribution in [1.82, 2.24) is 0 Å². The van der Waals surface area contributed by atoms with Crippen LogP contribution in [0.15, 0.2) is 22.7 Å². The molecule has 1 aliphatic carbocycles. The fraction of sp³-hybridized carbons (Fsp3) is 0.600. The summed E-state index contributed by atoms with van der Waals surface area (Å²) in [4.78, 5) is 0. The zero-order valence-electron chi connectivity index (χ0n) is 10.8. The highest BCUT2D eigenvalue weighted by atomic mass is 79.9. The number of halogens is 2. The maximum absolute atomic E-state index is 13.9. The van der Waals surface area contributed by atoms with Crippen molar-refractivity contribution < 1.29 is 4.39 Å². The molecule has 3 atom stereocenters. The van der Waals surface area contributed by atoms with Crippen molar-refractivity contribution in [1.29, 1.82) is 0 Å². The van der Waals surface area contributed by atoms with E-state index in [1.807, 2.05) is 12.1 Å². The van der Waals surface area contributed by atoms with Crippen molar-refractivity contribution >= 4 is 15.9 Å². The van der Waals surface area contributed by atoms with Gasteiger partial charge in [0.2, 0.25) is 0 Å². The van der Waals surface area contributed by atoms with Gasteiger partial charge in [-0.3, -0.25) is 0 Å². The Kier molecular flexibility index (Phi) is 4.79. The summed E-state index contributed by atoms with van der Waals surface area (Å²) >= 11 is 3.30. The second kappa shape index (κ2) is 6.16. The monoisotopic (exact) mass is 313 g/mol. The molecule has 0 spiro atoms. The highest BCUT2D eigenvalue weighted by Gasteiger charge is 2.28. The Bertz CT molecular complexity index is 407. The van der Waals surface area contributed by atoms with Gasteiger partial charge in [-0.15, -0.1) is 0 Å². The molecule has 0 aliphatic heterocycles. The van der Waals surface area contributed by atoms with Crippen LogP contribution >= 0.6 is 15.9 Å². The lowest BCUT2D eigenvalue weighted by atomic mass is 9.72. The molecule has 0 aromatic heterocycles. The second-order valence-corrected chi connectivity index (χ2v) is 6.53. The summed E-state index contributed by atoms with van der Waals surface area (Å²) in [7, 11) is 0. The van der Waals surface area contributed by atoms with Gasteiger partial charge in [-0.2, -0.15) is 0 Å². The van der Waals surface area contributed by atoms with Gasteiger partial charge in [-0.05, 0) is 61.3 Å². The molecule has 3 unspecified atom stereocenters. The van der Waals surface area contributed by atoms with E-state index in [-0.39, 0.29) is 5.82 Å². The molecule has 3 heteroatoms. The second-order valence-electron chi connectivity index (χ2n) is 5.61. The fourth-order valence-corrected chi connectivity index (χ4v) is 3.42. The summed E-state index contributed by atoms with van der Waals surface area (Å²) in [6.07, 6.45) is 4.46. The third kappa shape index (κ3) is 3.33. The van der Waals surface area contributed by atoms with Gasteiger partial charge in [0, 0.05) is 4.47 Å². The molecule has 2 rings (SSSR count). The Morgan fingerprint density at radius 3 is 2.78 bits per heavy atom. The Morgan fingerprint density at radius 1 is 1.33 bits per heavy atom. The number of benzene rings is 1. The molecule has 1 fully saturated rings. The van der Waals surface area contributed by atoms with Gasteiger partial charge < -0.3 is 5.73 Å². The topological polar surface area (TPSA) is 26.0 Å². The third-order valence-electron chi connectivity index (χ3n) is 4.20. The van der Waals surface area contributed by atoms with Crippen molar-refractivity contribution in [3.8, 4) is 0 Å². The predicted molar refractivity (Wildman–Crippen MR) is 76.9 cm³/mol. The van der Waals surface area contributed by atoms with Crippen LogP contribution in [0.3, 0.4) is 0 Å². The van der Waals surface area contributed by atoms with E-state index in [1.165, 1.54) is 19.3 Å². The molecule has 0 heterocycles. The minimum atomic E-state index is -0.0987. The molecule has 0 saturated heterocycles. The normalized spacial score (nSPS) is 28.3. The molecule has 0 bridgehead atoms. The Labute approximate surface area is 117 Å². The summed E-state index contributed by atoms with van der Waals surface area (Å²) in [5.74, 6) is 1.74. The molecule has 1 aromatic rings. The van der Waals surface area contributed by atoms with Gasteiger partial charge in [-0.1, -0.05) is 35.3 Å². The maximum Gasteiger partial charge on any atom is 0.127 e. The molecular formula is C15H21BrFN. The molecule has 2 N–H and O–H groups in total. The third-order valence-corrected chi connectivity index (χ3v) is 4.70. The zero-order chi connectivity index (χ0) is 13.1. The van der Waals surface area contributed by atoms with Crippen molar-refractivity contribution in [2.24, 2.45) is 23.5 Å². The molecule has 1 nitrogen and oxygen atoms in total. The fourth-order valence-electron chi connectivity index (χ4n) is 3.09. The quantitative estimate of drug-likeness (QED) is 0.891. The maximum atomic E-state index is 13.9. The lowest BCUT2D eigenvalue weighted by Crippen LogP contribution is -2.31. The van der Waals surface area contributed by atoms with E-state index in [0.29, 0.717) is 11.8 Å². The smallest absolute Gasteiger partial charge is 0.127 e. The van der Waals surface area contributed by atoms with E-state index in [4.69, 9.17) is 5.73 Å². The lowest BCUT2D eigenvalue weighted by Gasteiger charge is -2.34. The zero-order valence-corrected chi connectivity index (χ0v) is 12.4. The molecular weight excluding hydrogens is 293 g/mol. The SMILES string of the molecule is CC1CCC(CN)C(Cc2ccc(Br)cc2F)C1. The summed E-state index contributed by atoms with van der Waals surface area (Å²) < 4.78 is 14.7. The van der Waals surface area contributed by atoms with E-state index < -0.39 is 0 Å². The van der Waals surface area contributed by atoms with Crippen molar-refractivity contribution in [2.45, 2.75) is 32.6 Å². The molecule has 18 heavy (non-hydrogen) atoms. The van der Waals surface area contributed by atoms with Gasteiger partial charge in [0.1, 0.15) is 5.82 Å². The minimum absolute atomic E-state index is 0.0987. The van der Waals surface area contributed by atoms with Crippen LogP contribution in [0, 0.1) is 23.6 Å². The average molecular weight is 314 g/mol. The number of nitrogens with two attached hydrogens (primary N) is 1. The van der Waals surface area contributed by atoms with E-state index in [9.17, 15) is 4.39 Å². The number of hydrogen-bond donors (Lipinski definition) is 1. The first kappa shape index (κ1) is 14.0. The van der Waals surface area contributed by atoms with Crippen molar-refractivity contribution in [3.63, 3.8) is 0 Å². The van der Waals surface area contributed by atoms with Crippen LogP contribution in [0.1, 0.15) is 31.7 Å². The lowest BCUT2D eigenvalue weighted by molar-refractivity contribution is 0.192. The van der Waals surface area contributed by atoms with Gasteiger partial charge in [0.05, 0.1) is 0 Å². The average Bonchev–Trinajstić information content (AvgIpc) is 2.33. The predicted octanol–water partition coefficient (Wildman–Crippen LogP) is 4.14. The Balaban J connectivity index is 2.10. The summed E-state index contributed by atoms with van der Waals surface area (Å²) in [5.41, 5.74) is 6.68. The largest absolute Gasteiger partial charge is 0.330 e. The molecule has 1 aliphatic rings. The van der Waals surface area contributed by atoms with E-state index >= 15 is 0 Å². The minimum Gasteiger partial charge on any atom is -0.330 e. The first-order chi connectivity index (χ1) is 8.60.